The van der Waals surface area contributed by atoms with Crippen LogP contribution in [-0.2, 0) is 4.79 Å². The van der Waals surface area contributed by atoms with Crippen molar-refractivity contribution in [3.63, 3.8) is 0 Å². The van der Waals surface area contributed by atoms with Crippen LogP contribution in [0.5, 0.6) is 5.75 Å². The number of hydrogen-bond donors (Lipinski definition) is 1. The predicted molar refractivity (Wildman–Crippen MR) is 84.8 cm³/mol. The molecule has 1 N–H and O–H groups in total. The molecule has 1 aliphatic carbocycles. The second-order valence-corrected chi connectivity index (χ2v) is 5.68. The highest BCUT2D eigenvalue weighted by atomic mass is 16.5. The van der Waals surface area contributed by atoms with E-state index >= 15 is 0 Å². The topological polar surface area (TPSA) is 50.7 Å². The smallest absolute Gasteiger partial charge is 0.243 e. The summed E-state index contributed by atoms with van der Waals surface area (Å²) in [7, 11) is 1.67. The van der Waals surface area contributed by atoms with Gasteiger partial charge in [0.05, 0.1) is 13.3 Å². The van der Waals surface area contributed by atoms with E-state index < -0.39 is 0 Å². The third-order valence-electron chi connectivity index (χ3n) is 4.35. The largest absolute Gasteiger partial charge is 0.496 e. The lowest BCUT2D eigenvalue weighted by molar-refractivity contribution is -0.125. The molecule has 21 heavy (non-hydrogen) atoms. The van der Waals surface area contributed by atoms with E-state index in [0.717, 1.165) is 48.1 Å². The van der Waals surface area contributed by atoms with Gasteiger partial charge in [-0.1, -0.05) is 19.3 Å². The minimum Gasteiger partial charge on any atom is -0.496 e. The summed E-state index contributed by atoms with van der Waals surface area (Å²) in [5, 5.41) is 4.11. The quantitative estimate of drug-likeness (QED) is 0.682. The highest BCUT2D eigenvalue weighted by molar-refractivity contribution is 5.85. The van der Waals surface area contributed by atoms with Crippen molar-refractivity contribution < 1.29 is 9.53 Å². The van der Waals surface area contributed by atoms with Crippen LogP contribution in [0.25, 0.3) is 0 Å². The Hall–Kier alpha value is -1.84. The first-order chi connectivity index (χ1) is 10.1. The van der Waals surface area contributed by atoms with Crippen molar-refractivity contribution in [2.24, 2.45) is 11.0 Å². The Morgan fingerprint density at radius 1 is 1.24 bits per heavy atom. The molecule has 1 aliphatic rings. The molecular weight excluding hydrogens is 264 g/mol. The molecule has 1 saturated carbocycles. The second kappa shape index (κ2) is 7.25. The monoisotopic (exact) mass is 288 g/mol. The number of ether oxygens (including phenoxy) is 1. The predicted octanol–water partition coefficient (Wildman–Crippen LogP) is 3.34. The molecule has 4 heteroatoms. The van der Waals surface area contributed by atoms with Gasteiger partial charge in [-0.2, -0.15) is 5.10 Å². The van der Waals surface area contributed by atoms with E-state index in [-0.39, 0.29) is 11.8 Å². The van der Waals surface area contributed by atoms with Gasteiger partial charge < -0.3 is 4.74 Å². The van der Waals surface area contributed by atoms with Crippen LogP contribution in [0.2, 0.25) is 0 Å². The van der Waals surface area contributed by atoms with Crippen LogP contribution in [-0.4, -0.2) is 19.2 Å². The van der Waals surface area contributed by atoms with Gasteiger partial charge >= 0.3 is 0 Å². The Morgan fingerprint density at radius 3 is 2.62 bits per heavy atom. The normalized spacial score (nSPS) is 16.1. The van der Waals surface area contributed by atoms with Crippen molar-refractivity contribution in [1.29, 1.82) is 0 Å². The molecule has 114 valence electrons. The Morgan fingerprint density at radius 2 is 1.95 bits per heavy atom. The Labute approximate surface area is 126 Å². The van der Waals surface area contributed by atoms with Crippen molar-refractivity contribution in [3.05, 3.63) is 28.8 Å². The molecule has 0 heterocycles. The van der Waals surface area contributed by atoms with E-state index in [1.807, 2.05) is 26.0 Å². The molecule has 0 bridgehead atoms. The molecule has 1 aromatic carbocycles. The van der Waals surface area contributed by atoms with E-state index in [1.54, 1.807) is 13.3 Å². The second-order valence-electron chi connectivity index (χ2n) is 5.68. The number of carbonyl (C=O) groups excluding carboxylic acids is 1. The number of methoxy groups -OCH3 is 1. The van der Waals surface area contributed by atoms with E-state index in [1.165, 1.54) is 6.42 Å². The van der Waals surface area contributed by atoms with Gasteiger partial charge in [0.15, 0.2) is 0 Å². The van der Waals surface area contributed by atoms with Crippen molar-refractivity contribution in [3.8, 4) is 5.75 Å². The zero-order chi connectivity index (χ0) is 15.2. The fourth-order valence-electron chi connectivity index (χ4n) is 2.80. The Balaban J connectivity index is 1.98. The van der Waals surface area contributed by atoms with E-state index in [2.05, 4.69) is 10.5 Å². The number of amides is 1. The molecule has 0 unspecified atom stereocenters. The van der Waals surface area contributed by atoms with Gasteiger partial charge in [-0.05, 0) is 55.5 Å². The average Bonchev–Trinajstić information content (AvgIpc) is 2.52. The van der Waals surface area contributed by atoms with Crippen molar-refractivity contribution in [1.82, 2.24) is 5.43 Å². The summed E-state index contributed by atoms with van der Waals surface area (Å²) >= 11 is 0. The van der Waals surface area contributed by atoms with Crippen molar-refractivity contribution in [2.75, 3.05) is 7.11 Å². The molecule has 0 aliphatic heterocycles. The summed E-state index contributed by atoms with van der Waals surface area (Å²) in [5.41, 5.74) is 5.89. The minimum atomic E-state index is 0.0498. The Kier molecular flexibility index (Phi) is 5.37. The first-order valence-corrected chi connectivity index (χ1v) is 7.60. The molecule has 2 rings (SSSR count). The summed E-state index contributed by atoms with van der Waals surface area (Å²) in [6.45, 7) is 4.05. The average molecular weight is 288 g/mol. The highest BCUT2D eigenvalue weighted by Crippen LogP contribution is 2.24. The van der Waals surface area contributed by atoms with Crippen LogP contribution >= 0.6 is 0 Å². The summed E-state index contributed by atoms with van der Waals surface area (Å²) in [4.78, 5) is 12.0. The van der Waals surface area contributed by atoms with Gasteiger partial charge in [-0.15, -0.1) is 0 Å². The van der Waals surface area contributed by atoms with Crippen LogP contribution in [0.3, 0.4) is 0 Å². The van der Waals surface area contributed by atoms with Crippen LogP contribution in [0.4, 0.5) is 0 Å². The SMILES string of the molecule is COc1ccc(/C=N\NC(=O)C2CCCCC2)c(C)c1C. The van der Waals surface area contributed by atoms with Gasteiger partial charge in [-0.25, -0.2) is 5.43 Å². The summed E-state index contributed by atoms with van der Waals surface area (Å²) in [6, 6.07) is 3.88. The lowest BCUT2D eigenvalue weighted by Gasteiger charge is -2.19. The standard InChI is InChI=1S/C17H24N2O2/c1-12-13(2)16(21-3)10-9-15(12)11-18-19-17(20)14-7-5-4-6-8-14/h9-11,14H,4-8H2,1-3H3,(H,19,20)/b18-11-. The molecular formula is C17H24N2O2. The molecule has 0 atom stereocenters. The molecule has 0 saturated heterocycles. The molecule has 0 radical (unpaired) electrons. The van der Waals surface area contributed by atoms with Crippen LogP contribution in [0.1, 0.15) is 48.8 Å². The number of rotatable bonds is 4. The lowest BCUT2D eigenvalue weighted by atomic mass is 9.89. The van der Waals surface area contributed by atoms with E-state index in [0.29, 0.717) is 0 Å². The number of benzene rings is 1. The van der Waals surface area contributed by atoms with Gasteiger partial charge in [0, 0.05) is 5.92 Å². The van der Waals surface area contributed by atoms with E-state index in [9.17, 15) is 4.79 Å². The molecule has 4 nitrogen and oxygen atoms in total. The first kappa shape index (κ1) is 15.5. The maximum atomic E-state index is 12.0. The zero-order valence-corrected chi connectivity index (χ0v) is 13.1. The number of carbonyl (C=O) groups is 1. The molecule has 1 fully saturated rings. The third kappa shape index (κ3) is 3.84. The van der Waals surface area contributed by atoms with Gasteiger partial charge in [-0.3, -0.25) is 4.79 Å². The summed E-state index contributed by atoms with van der Waals surface area (Å²) in [6.07, 6.45) is 7.24. The maximum absolute atomic E-state index is 12.0. The fourth-order valence-corrected chi connectivity index (χ4v) is 2.80. The van der Waals surface area contributed by atoms with Crippen LogP contribution in [0, 0.1) is 19.8 Å². The molecule has 1 aromatic rings. The van der Waals surface area contributed by atoms with Crippen molar-refractivity contribution >= 4 is 12.1 Å². The van der Waals surface area contributed by atoms with Gasteiger partial charge in [0.25, 0.3) is 0 Å². The first-order valence-electron chi connectivity index (χ1n) is 7.60. The highest BCUT2D eigenvalue weighted by Gasteiger charge is 2.20. The van der Waals surface area contributed by atoms with Gasteiger partial charge in [0.1, 0.15) is 5.75 Å². The number of nitrogens with zero attached hydrogens (tertiary/aromatic N) is 1. The molecule has 0 spiro atoms. The lowest BCUT2D eigenvalue weighted by Crippen LogP contribution is -2.28. The van der Waals surface area contributed by atoms with Crippen LogP contribution < -0.4 is 10.2 Å². The minimum absolute atomic E-state index is 0.0498. The van der Waals surface area contributed by atoms with Gasteiger partial charge in [0.2, 0.25) is 5.91 Å². The molecule has 1 amide bonds. The van der Waals surface area contributed by atoms with Crippen molar-refractivity contribution in [2.45, 2.75) is 46.0 Å². The Bertz CT molecular complexity index is 532. The maximum Gasteiger partial charge on any atom is 0.243 e. The third-order valence-corrected chi connectivity index (χ3v) is 4.35. The number of hydrogen-bond acceptors (Lipinski definition) is 3. The van der Waals surface area contributed by atoms with E-state index in [4.69, 9.17) is 4.74 Å². The number of nitrogens with one attached hydrogen (secondary N) is 1. The molecule has 0 aromatic heterocycles. The zero-order valence-electron chi connectivity index (χ0n) is 13.1. The van der Waals surface area contributed by atoms with Crippen LogP contribution in [0.15, 0.2) is 17.2 Å². The number of hydrazone groups is 1. The summed E-state index contributed by atoms with van der Waals surface area (Å²) in [5.74, 6) is 1.05. The fraction of sp³-hybridized carbons (Fsp3) is 0.529. The summed E-state index contributed by atoms with van der Waals surface area (Å²) < 4.78 is 5.29.